The number of hydrogen-bond donors (Lipinski definition) is 0. The van der Waals surface area contributed by atoms with E-state index in [0.29, 0.717) is 12.0 Å². The van der Waals surface area contributed by atoms with Crippen molar-refractivity contribution < 1.29 is 19.1 Å². The smallest absolute Gasteiger partial charge is 0.302 e. The van der Waals surface area contributed by atoms with Crippen molar-refractivity contribution in [3.8, 4) is 0 Å². The molecule has 26 heavy (non-hydrogen) atoms. The minimum Gasteiger partial charge on any atom is -0.461 e. The van der Waals surface area contributed by atoms with Gasteiger partial charge >= 0.3 is 5.97 Å². The van der Waals surface area contributed by atoms with Crippen molar-refractivity contribution in [2.75, 3.05) is 0 Å². The van der Waals surface area contributed by atoms with Crippen LogP contribution in [0.15, 0.2) is 23.3 Å². The molecule has 4 nitrogen and oxygen atoms in total. The molecule has 0 amide bonds. The molecule has 2 bridgehead atoms. The Morgan fingerprint density at radius 2 is 2.04 bits per heavy atom. The molecule has 2 aliphatic carbocycles. The number of carbonyl (C=O) groups is 3. The Labute approximate surface area is 157 Å². The molecule has 0 spiro atoms. The molecular formula is C22H32O4. The van der Waals surface area contributed by atoms with Crippen LogP contribution in [-0.2, 0) is 19.1 Å². The third-order valence-electron chi connectivity index (χ3n) is 6.46. The fraction of sp³-hybridized carbons (Fsp3) is 0.682. The summed E-state index contributed by atoms with van der Waals surface area (Å²) in [5.74, 6) is -0.142. The monoisotopic (exact) mass is 360 g/mol. The van der Waals surface area contributed by atoms with Gasteiger partial charge in [0.05, 0.1) is 5.41 Å². The summed E-state index contributed by atoms with van der Waals surface area (Å²) in [5, 5.41) is 0. The maximum absolute atomic E-state index is 12.5. The van der Waals surface area contributed by atoms with E-state index in [9.17, 15) is 14.4 Å². The van der Waals surface area contributed by atoms with Crippen LogP contribution in [0.4, 0.5) is 0 Å². The first-order chi connectivity index (χ1) is 12.2. The van der Waals surface area contributed by atoms with E-state index in [2.05, 4.69) is 33.8 Å². The maximum atomic E-state index is 12.5. The summed E-state index contributed by atoms with van der Waals surface area (Å²) in [6, 6.07) is 0. The molecule has 0 unspecified atom stereocenters. The molecule has 5 atom stereocenters. The van der Waals surface area contributed by atoms with E-state index in [1.807, 2.05) is 6.08 Å². The zero-order chi connectivity index (χ0) is 19.5. The highest BCUT2D eigenvalue weighted by molar-refractivity contribution is 5.87. The molecule has 0 heterocycles. The van der Waals surface area contributed by atoms with Gasteiger partial charge in [-0.3, -0.25) is 9.59 Å². The second-order valence-electron chi connectivity index (χ2n) is 8.66. The van der Waals surface area contributed by atoms with Gasteiger partial charge in [0.25, 0.3) is 0 Å². The molecular weight excluding hydrogens is 328 g/mol. The number of aldehydes is 2. The Morgan fingerprint density at radius 1 is 1.35 bits per heavy atom. The molecule has 2 aliphatic rings. The van der Waals surface area contributed by atoms with Gasteiger partial charge in [0, 0.05) is 17.9 Å². The predicted octanol–water partition coefficient (Wildman–Crippen LogP) is 4.43. The van der Waals surface area contributed by atoms with Gasteiger partial charge in [0.15, 0.2) is 0 Å². The molecule has 2 rings (SSSR count). The van der Waals surface area contributed by atoms with Gasteiger partial charge in [-0.2, -0.15) is 0 Å². The number of fused-ring (bicyclic) bond motifs is 2. The molecule has 144 valence electrons. The number of hydrogen-bond acceptors (Lipinski definition) is 4. The van der Waals surface area contributed by atoms with Gasteiger partial charge in [-0.25, -0.2) is 0 Å². The molecule has 0 aromatic carbocycles. The van der Waals surface area contributed by atoms with Crippen LogP contribution in [0.3, 0.4) is 0 Å². The Balaban J connectivity index is 2.46. The number of allylic oxidation sites excluding steroid dienone is 3. The Kier molecular flexibility index (Phi) is 6.25. The molecule has 0 aromatic rings. The molecule has 0 aromatic heterocycles. The number of esters is 1. The zero-order valence-corrected chi connectivity index (χ0v) is 16.7. The van der Waals surface area contributed by atoms with Crippen LogP contribution in [0.5, 0.6) is 0 Å². The van der Waals surface area contributed by atoms with Crippen LogP contribution >= 0.6 is 0 Å². The summed E-state index contributed by atoms with van der Waals surface area (Å²) in [6.07, 6.45) is 9.55. The largest absolute Gasteiger partial charge is 0.461 e. The summed E-state index contributed by atoms with van der Waals surface area (Å²) < 4.78 is 5.73. The van der Waals surface area contributed by atoms with Crippen LogP contribution in [0, 0.1) is 22.7 Å². The van der Waals surface area contributed by atoms with Crippen LogP contribution in [0.2, 0.25) is 0 Å². The first kappa shape index (κ1) is 20.6. The average Bonchev–Trinajstić information content (AvgIpc) is 2.56. The zero-order valence-electron chi connectivity index (χ0n) is 16.7. The predicted molar refractivity (Wildman–Crippen MR) is 101 cm³/mol. The van der Waals surface area contributed by atoms with Gasteiger partial charge in [-0.1, -0.05) is 31.6 Å². The standard InChI is InChI=1S/C22H32O4/c1-15(2)7-6-8-16(3)19-10-12-21(5)11-9-18(13-23)22(19,14-24)20(21)26-17(4)25/h7,9,13-14,16,19-20H,6,8,10-12H2,1-5H3/t16-,19+,20+,21+,22-/m1/s1. The minimum atomic E-state index is -1.02. The number of rotatable bonds is 7. The first-order valence-electron chi connectivity index (χ1n) is 9.64. The maximum Gasteiger partial charge on any atom is 0.302 e. The minimum absolute atomic E-state index is 0.000243. The third-order valence-corrected chi connectivity index (χ3v) is 6.46. The average molecular weight is 360 g/mol. The highest BCUT2D eigenvalue weighted by atomic mass is 16.5. The van der Waals surface area contributed by atoms with Crippen LogP contribution in [0.1, 0.15) is 66.7 Å². The molecule has 1 saturated carbocycles. The van der Waals surface area contributed by atoms with Crippen LogP contribution in [0.25, 0.3) is 0 Å². The van der Waals surface area contributed by atoms with E-state index in [4.69, 9.17) is 4.74 Å². The molecule has 0 aliphatic heterocycles. The van der Waals surface area contributed by atoms with Gasteiger partial charge < -0.3 is 9.53 Å². The summed E-state index contributed by atoms with van der Waals surface area (Å²) in [6.45, 7) is 9.76. The van der Waals surface area contributed by atoms with Crippen molar-refractivity contribution in [1.82, 2.24) is 0 Å². The summed E-state index contributed by atoms with van der Waals surface area (Å²) in [7, 11) is 0. The molecule has 4 heteroatoms. The third kappa shape index (κ3) is 3.56. The quantitative estimate of drug-likeness (QED) is 0.383. The molecule has 1 fully saturated rings. The second-order valence-corrected chi connectivity index (χ2v) is 8.66. The van der Waals surface area contributed by atoms with Crippen molar-refractivity contribution in [2.24, 2.45) is 22.7 Å². The topological polar surface area (TPSA) is 60.4 Å². The van der Waals surface area contributed by atoms with Crippen molar-refractivity contribution in [2.45, 2.75) is 72.8 Å². The van der Waals surface area contributed by atoms with Gasteiger partial charge in [-0.05, 0) is 57.8 Å². The molecule has 0 saturated heterocycles. The Bertz CT molecular complexity index is 628. The van der Waals surface area contributed by atoms with E-state index in [1.165, 1.54) is 12.5 Å². The lowest BCUT2D eigenvalue weighted by atomic mass is 9.48. The van der Waals surface area contributed by atoms with E-state index in [-0.39, 0.29) is 17.3 Å². The molecule has 0 radical (unpaired) electrons. The fourth-order valence-corrected chi connectivity index (χ4v) is 5.09. The van der Waals surface area contributed by atoms with Crippen molar-refractivity contribution in [1.29, 1.82) is 0 Å². The summed E-state index contributed by atoms with van der Waals surface area (Å²) in [5.41, 5.74) is 0.454. The van der Waals surface area contributed by atoms with Crippen molar-refractivity contribution in [3.05, 3.63) is 23.3 Å². The van der Waals surface area contributed by atoms with Crippen LogP contribution in [-0.4, -0.2) is 24.6 Å². The van der Waals surface area contributed by atoms with Crippen LogP contribution < -0.4 is 0 Å². The first-order valence-corrected chi connectivity index (χ1v) is 9.64. The fourth-order valence-electron chi connectivity index (χ4n) is 5.09. The highest BCUT2D eigenvalue weighted by Gasteiger charge is 2.62. The number of carbonyl (C=O) groups excluding carboxylic acids is 3. The van der Waals surface area contributed by atoms with Gasteiger partial charge in [0.1, 0.15) is 18.7 Å². The van der Waals surface area contributed by atoms with E-state index >= 15 is 0 Å². The van der Waals surface area contributed by atoms with E-state index in [0.717, 1.165) is 38.3 Å². The lowest BCUT2D eigenvalue weighted by molar-refractivity contribution is -0.183. The second kappa shape index (κ2) is 7.89. The molecule has 0 N–H and O–H groups in total. The summed E-state index contributed by atoms with van der Waals surface area (Å²) >= 11 is 0. The lowest BCUT2D eigenvalue weighted by Crippen LogP contribution is -2.61. The van der Waals surface area contributed by atoms with Gasteiger partial charge in [0.2, 0.25) is 0 Å². The van der Waals surface area contributed by atoms with E-state index in [1.54, 1.807) is 0 Å². The van der Waals surface area contributed by atoms with E-state index < -0.39 is 17.5 Å². The highest BCUT2D eigenvalue weighted by Crippen LogP contribution is 2.60. The van der Waals surface area contributed by atoms with Gasteiger partial charge in [-0.15, -0.1) is 0 Å². The normalized spacial score (nSPS) is 34.3. The Hall–Kier alpha value is -1.71. The SMILES string of the molecule is CC(=O)O[C@H]1[C@@]2(C)CC=C(C=O)[C@]1(C=O)[C@H]([C@H](C)CCC=C(C)C)CC2. The lowest BCUT2D eigenvalue weighted by Gasteiger charge is -2.57. The Morgan fingerprint density at radius 3 is 2.58 bits per heavy atom. The number of ether oxygens (including phenoxy) is 1. The summed E-state index contributed by atoms with van der Waals surface area (Å²) in [4.78, 5) is 36.2. The van der Waals surface area contributed by atoms with Crippen molar-refractivity contribution >= 4 is 18.5 Å². The van der Waals surface area contributed by atoms with Crippen molar-refractivity contribution in [3.63, 3.8) is 0 Å².